The van der Waals surface area contributed by atoms with Crippen molar-refractivity contribution in [1.82, 2.24) is 19.4 Å². The Morgan fingerprint density at radius 2 is 1.81 bits per heavy atom. The molecule has 9 heteroatoms. The number of amidine groups is 1. The molecule has 3 fully saturated rings. The van der Waals surface area contributed by atoms with Crippen LogP contribution in [0, 0.1) is 11.8 Å². The largest absolute Gasteiger partial charge is 0.386 e. The Hall–Kier alpha value is -3.20. The Morgan fingerprint density at radius 1 is 1.03 bits per heavy atom. The van der Waals surface area contributed by atoms with Gasteiger partial charge in [0.2, 0.25) is 5.95 Å². The molecular formula is C28H38N8O. The molecule has 1 aromatic carbocycles. The van der Waals surface area contributed by atoms with Crippen LogP contribution in [0.1, 0.15) is 69.4 Å². The number of hydrazone groups is 1. The van der Waals surface area contributed by atoms with E-state index >= 15 is 0 Å². The monoisotopic (exact) mass is 502 g/mol. The first-order valence-electron chi connectivity index (χ1n) is 13.9. The van der Waals surface area contributed by atoms with E-state index in [1.165, 1.54) is 19.3 Å². The molecule has 1 aliphatic heterocycles. The van der Waals surface area contributed by atoms with Gasteiger partial charge in [0, 0.05) is 42.0 Å². The van der Waals surface area contributed by atoms with Crippen LogP contribution in [0.5, 0.6) is 0 Å². The highest BCUT2D eigenvalue weighted by Crippen LogP contribution is 2.33. The van der Waals surface area contributed by atoms with E-state index in [2.05, 4.69) is 38.5 Å². The lowest BCUT2D eigenvalue weighted by molar-refractivity contribution is 0.201. The average Bonchev–Trinajstić information content (AvgIpc) is 3.77. The van der Waals surface area contributed by atoms with Crippen LogP contribution in [0.15, 0.2) is 34.3 Å². The number of rotatable bonds is 7. The fourth-order valence-electron chi connectivity index (χ4n) is 6.15. The summed E-state index contributed by atoms with van der Waals surface area (Å²) in [6, 6.07) is 6.52. The molecule has 0 bridgehead atoms. The van der Waals surface area contributed by atoms with Crippen LogP contribution in [0.25, 0.3) is 21.8 Å². The second-order valence-electron chi connectivity index (χ2n) is 11.2. The molecule has 9 nitrogen and oxygen atoms in total. The lowest BCUT2D eigenvalue weighted by Crippen LogP contribution is -2.38. The van der Waals surface area contributed by atoms with E-state index in [-0.39, 0.29) is 17.5 Å². The van der Waals surface area contributed by atoms with E-state index in [1.807, 2.05) is 10.8 Å². The number of likely N-dealkylation sites (tertiary alicyclic amines) is 1. The molecule has 0 unspecified atom stereocenters. The van der Waals surface area contributed by atoms with Gasteiger partial charge in [0.15, 0.2) is 0 Å². The Balaban J connectivity index is 1.35. The SMILES string of the molecule is N/N=C(\N)C1CCN(Cc2ccc3c(c2)c(=O)n(C2CCCCC2)c2nc(NCC4CC4)ncc32)CC1. The molecular weight excluding hydrogens is 464 g/mol. The second kappa shape index (κ2) is 10.3. The maximum atomic E-state index is 14.1. The standard InChI is InChI=1S/C28H38N8O/c29-25(34-30)20-10-12-35(13-11-20)17-19-8-9-22-23(14-19)27(37)36(21-4-2-1-3-5-21)26-24(22)16-32-28(33-26)31-15-18-6-7-18/h8-9,14,16,18,20-21H,1-7,10-13,15,17,30H2,(H2,29,34)(H,31,32,33). The van der Waals surface area contributed by atoms with Gasteiger partial charge < -0.3 is 16.9 Å². The third-order valence-corrected chi connectivity index (χ3v) is 8.57. The van der Waals surface area contributed by atoms with E-state index in [4.69, 9.17) is 16.6 Å². The highest BCUT2D eigenvalue weighted by atomic mass is 16.1. The zero-order valence-corrected chi connectivity index (χ0v) is 21.5. The van der Waals surface area contributed by atoms with E-state index < -0.39 is 0 Å². The Kier molecular flexibility index (Phi) is 6.71. The number of hydrogen-bond donors (Lipinski definition) is 3. The van der Waals surface area contributed by atoms with Crippen molar-refractivity contribution < 1.29 is 0 Å². The Morgan fingerprint density at radius 3 is 2.54 bits per heavy atom. The zero-order chi connectivity index (χ0) is 25.4. The molecule has 0 radical (unpaired) electrons. The molecule has 1 saturated heterocycles. The first kappa shape index (κ1) is 24.2. The fourth-order valence-corrected chi connectivity index (χ4v) is 6.15. The second-order valence-corrected chi connectivity index (χ2v) is 11.2. The maximum absolute atomic E-state index is 14.1. The summed E-state index contributed by atoms with van der Waals surface area (Å²) in [5.74, 6) is 7.54. The quantitative estimate of drug-likeness (QED) is 0.148. The summed E-state index contributed by atoms with van der Waals surface area (Å²) in [4.78, 5) is 26.0. The van der Waals surface area contributed by atoms with Crippen molar-refractivity contribution in [3.05, 3.63) is 40.3 Å². The van der Waals surface area contributed by atoms with Gasteiger partial charge in [-0.25, -0.2) is 4.98 Å². The number of nitrogens with two attached hydrogens (primary N) is 2. The summed E-state index contributed by atoms with van der Waals surface area (Å²) in [5.41, 5.74) is 7.94. The summed E-state index contributed by atoms with van der Waals surface area (Å²) in [7, 11) is 0. The van der Waals surface area contributed by atoms with Crippen LogP contribution in [0.3, 0.4) is 0 Å². The number of nitrogens with zero attached hydrogens (tertiary/aromatic N) is 5. The summed E-state index contributed by atoms with van der Waals surface area (Å²) in [6.45, 7) is 3.59. The van der Waals surface area contributed by atoms with Gasteiger partial charge >= 0.3 is 0 Å². The maximum Gasteiger partial charge on any atom is 0.260 e. The van der Waals surface area contributed by atoms with Crippen LogP contribution in [0.4, 0.5) is 5.95 Å². The van der Waals surface area contributed by atoms with Crippen LogP contribution >= 0.6 is 0 Å². The fraction of sp³-hybridized carbons (Fsp3) is 0.571. The predicted molar refractivity (Wildman–Crippen MR) is 148 cm³/mol. The summed E-state index contributed by atoms with van der Waals surface area (Å²) in [6.07, 6.45) is 12.0. The smallest absolute Gasteiger partial charge is 0.260 e. The highest BCUT2D eigenvalue weighted by molar-refractivity contribution is 6.04. The van der Waals surface area contributed by atoms with Gasteiger partial charge in [-0.15, -0.1) is 0 Å². The number of nitrogens with one attached hydrogen (secondary N) is 1. The van der Waals surface area contributed by atoms with Gasteiger partial charge in [-0.2, -0.15) is 10.1 Å². The highest BCUT2D eigenvalue weighted by Gasteiger charge is 2.25. The minimum atomic E-state index is 0.0775. The molecule has 6 rings (SSSR count). The van der Waals surface area contributed by atoms with Gasteiger partial charge in [-0.1, -0.05) is 31.4 Å². The molecule has 0 spiro atoms. The average molecular weight is 503 g/mol. The normalized spacial score (nSPS) is 20.6. The number of benzene rings is 1. The first-order chi connectivity index (χ1) is 18.1. The van der Waals surface area contributed by atoms with E-state index in [1.54, 1.807) is 0 Å². The molecule has 0 atom stereocenters. The van der Waals surface area contributed by atoms with Crippen molar-refractivity contribution in [1.29, 1.82) is 0 Å². The van der Waals surface area contributed by atoms with Crippen molar-refractivity contribution >= 4 is 33.6 Å². The van der Waals surface area contributed by atoms with E-state index in [9.17, 15) is 4.79 Å². The molecule has 3 heterocycles. The Bertz CT molecular complexity index is 1360. The molecule has 37 heavy (non-hydrogen) atoms. The van der Waals surface area contributed by atoms with Crippen LogP contribution in [-0.4, -0.2) is 44.9 Å². The van der Waals surface area contributed by atoms with Gasteiger partial charge in [0.05, 0.1) is 0 Å². The molecule has 2 saturated carbocycles. The summed E-state index contributed by atoms with van der Waals surface area (Å²) >= 11 is 0. The molecule has 0 amide bonds. The third kappa shape index (κ3) is 5.01. The predicted octanol–water partition coefficient (Wildman–Crippen LogP) is 3.71. The van der Waals surface area contributed by atoms with E-state index in [0.717, 1.165) is 98.0 Å². The zero-order valence-electron chi connectivity index (χ0n) is 21.5. The number of aromatic nitrogens is 3. The van der Waals surface area contributed by atoms with E-state index in [0.29, 0.717) is 11.8 Å². The lowest BCUT2D eigenvalue weighted by Gasteiger charge is -2.31. The van der Waals surface area contributed by atoms with Gasteiger partial charge in [-0.05, 0) is 74.5 Å². The first-order valence-corrected chi connectivity index (χ1v) is 13.9. The van der Waals surface area contributed by atoms with Crippen LogP contribution in [-0.2, 0) is 6.54 Å². The summed E-state index contributed by atoms with van der Waals surface area (Å²) in [5, 5.41) is 9.76. The number of anilines is 1. The molecule has 3 aromatic rings. The Labute approximate surface area is 217 Å². The number of piperidine rings is 1. The van der Waals surface area contributed by atoms with Crippen molar-refractivity contribution in [3.8, 4) is 0 Å². The van der Waals surface area contributed by atoms with Crippen molar-refractivity contribution in [3.63, 3.8) is 0 Å². The van der Waals surface area contributed by atoms with Crippen LogP contribution < -0.4 is 22.5 Å². The molecule has 2 aliphatic carbocycles. The number of fused-ring (bicyclic) bond motifs is 3. The molecule has 5 N–H and O–H groups in total. The van der Waals surface area contributed by atoms with Crippen molar-refractivity contribution in [2.24, 2.45) is 28.5 Å². The number of hydrogen-bond acceptors (Lipinski definition) is 7. The topological polar surface area (TPSA) is 127 Å². The van der Waals surface area contributed by atoms with Gasteiger partial charge in [0.1, 0.15) is 11.5 Å². The molecule has 3 aliphatic rings. The van der Waals surface area contributed by atoms with Gasteiger partial charge in [0.25, 0.3) is 5.56 Å². The van der Waals surface area contributed by atoms with Crippen molar-refractivity contribution in [2.75, 3.05) is 25.0 Å². The summed E-state index contributed by atoms with van der Waals surface area (Å²) < 4.78 is 1.99. The molecule has 196 valence electrons. The van der Waals surface area contributed by atoms with Gasteiger partial charge in [-0.3, -0.25) is 14.3 Å². The number of pyridine rings is 1. The third-order valence-electron chi connectivity index (χ3n) is 8.57. The van der Waals surface area contributed by atoms with Crippen LogP contribution in [0.2, 0.25) is 0 Å². The van der Waals surface area contributed by atoms with Crippen molar-refractivity contribution in [2.45, 2.75) is 70.4 Å². The minimum absolute atomic E-state index is 0.0775. The molecule has 2 aromatic heterocycles. The lowest BCUT2D eigenvalue weighted by atomic mass is 9.94. The minimum Gasteiger partial charge on any atom is -0.386 e.